The summed E-state index contributed by atoms with van der Waals surface area (Å²) in [6, 6.07) is 27.1. The van der Waals surface area contributed by atoms with Crippen molar-refractivity contribution in [3.8, 4) is 11.3 Å². The molecule has 0 N–H and O–H groups in total. The van der Waals surface area contributed by atoms with Gasteiger partial charge in [0.1, 0.15) is 5.58 Å². The first-order chi connectivity index (χ1) is 18.0. The summed E-state index contributed by atoms with van der Waals surface area (Å²) in [6.07, 6.45) is 1.94. The number of aromatic nitrogens is 1. The number of benzene rings is 4. The summed E-state index contributed by atoms with van der Waals surface area (Å²) in [4.78, 5) is 4.88. The van der Waals surface area contributed by atoms with Crippen molar-refractivity contribution in [2.24, 2.45) is 0 Å². The molecule has 178 valence electrons. The van der Waals surface area contributed by atoms with Gasteiger partial charge < -0.3 is 0 Å². The average Bonchev–Trinajstić information content (AvgIpc) is 3.58. The molecule has 4 aromatic carbocycles. The normalized spacial score (nSPS) is 12.7. The van der Waals surface area contributed by atoms with Gasteiger partial charge in [-0.15, -0.1) is 0 Å². The molecule has 0 aliphatic carbocycles. The zero-order valence-electron chi connectivity index (χ0n) is 20.8. The van der Waals surface area contributed by atoms with Gasteiger partial charge in [-0.1, -0.05) is 18.2 Å². The van der Waals surface area contributed by atoms with Crippen molar-refractivity contribution in [3.05, 3.63) is 85.1 Å². The predicted octanol–water partition coefficient (Wildman–Crippen LogP) is 8.99. The Labute approximate surface area is 214 Å². The van der Waals surface area contributed by atoms with E-state index in [-0.39, 0.29) is 0 Å². The summed E-state index contributed by atoms with van der Waals surface area (Å²) in [7, 11) is 0. The van der Waals surface area contributed by atoms with Crippen molar-refractivity contribution in [1.82, 2.24) is 4.98 Å². The Morgan fingerprint density at radius 3 is 2.03 bits per heavy atom. The van der Waals surface area contributed by atoms with Gasteiger partial charge in [0.25, 0.3) is 0 Å². The molecule has 37 heavy (non-hydrogen) atoms. The third-order valence-electron chi connectivity index (χ3n) is 7.48. The van der Waals surface area contributed by atoms with E-state index >= 15 is 0 Å². The summed E-state index contributed by atoms with van der Waals surface area (Å²) in [5.41, 5.74) is 6.85. The molecule has 0 saturated heterocycles. The van der Waals surface area contributed by atoms with Crippen molar-refractivity contribution >= 4 is 83.5 Å². The Balaban J connectivity index is 1.38. The summed E-state index contributed by atoms with van der Waals surface area (Å²) >= 11 is -2.11. The summed E-state index contributed by atoms with van der Waals surface area (Å²) in [6.45, 7) is 0. The molecule has 4 nitrogen and oxygen atoms in total. The third-order valence-corrected chi connectivity index (χ3v) is 11.7. The van der Waals surface area contributed by atoms with E-state index in [2.05, 4.69) is 71.9 Å². The van der Waals surface area contributed by atoms with Crippen LogP contribution in [0.5, 0.6) is 0 Å². The van der Waals surface area contributed by atoms with Crippen LogP contribution in [0.25, 0.3) is 77.1 Å². The number of hydrogen-bond acceptors (Lipinski definition) is 4. The van der Waals surface area contributed by atoms with Gasteiger partial charge in [-0.25, -0.2) is 0 Å². The molecule has 8 aromatic rings. The standard InChI is InChI=1S/C32H23GeNO3/c1-33(2,3)25-12-7-10-20-24-17-34-26(16-28(24)36-30(20)25)23-11-6-9-19-22-15-14-21-18-8-4-5-13-27(18)35-31(21)32(22)37-29(19)23/h4-17H,1-3H3. The molecule has 0 amide bonds. The molecule has 0 aliphatic rings. The van der Waals surface area contributed by atoms with E-state index in [4.69, 9.17) is 18.2 Å². The molecule has 0 aliphatic heterocycles. The molecule has 4 aromatic heterocycles. The second-order valence-corrected chi connectivity index (χ2v) is 21.4. The van der Waals surface area contributed by atoms with Crippen molar-refractivity contribution in [1.29, 1.82) is 0 Å². The Bertz CT molecular complexity index is 2190. The topological polar surface area (TPSA) is 52.3 Å². The van der Waals surface area contributed by atoms with E-state index in [1.165, 1.54) is 4.40 Å². The summed E-state index contributed by atoms with van der Waals surface area (Å²) < 4.78 is 20.7. The van der Waals surface area contributed by atoms with Crippen LogP contribution in [0.4, 0.5) is 0 Å². The maximum absolute atomic E-state index is 6.56. The molecular formula is C32H23GeNO3. The van der Waals surface area contributed by atoms with Gasteiger partial charge in [0, 0.05) is 5.39 Å². The third kappa shape index (κ3) is 2.93. The monoisotopic (exact) mass is 543 g/mol. The second kappa shape index (κ2) is 7.27. The van der Waals surface area contributed by atoms with Crippen LogP contribution in [0, 0.1) is 0 Å². The van der Waals surface area contributed by atoms with Gasteiger partial charge in [-0.05, 0) is 6.07 Å². The fourth-order valence-electron chi connectivity index (χ4n) is 5.67. The minimum atomic E-state index is -2.11. The van der Waals surface area contributed by atoms with Gasteiger partial charge >= 0.3 is 180 Å². The predicted molar refractivity (Wildman–Crippen MR) is 154 cm³/mol. The summed E-state index contributed by atoms with van der Waals surface area (Å²) in [5.74, 6) is 7.19. The van der Waals surface area contributed by atoms with Crippen LogP contribution < -0.4 is 4.40 Å². The zero-order valence-corrected chi connectivity index (χ0v) is 22.9. The second-order valence-electron chi connectivity index (χ2n) is 10.8. The Morgan fingerprint density at radius 1 is 0.541 bits per heavy atom. The number of nitrogens with zero attached hydrogens (tertiary/aromatic N) is 1. The van der Waals surface area contributed by atoms with Gasteiger partial charge in [-0.3, -0.25) is 0 Å². The van der Waals surface area contributed by atoms with E-state index in [0.717, 1.165) is 77.1 Å². The molecule has 0 saturated carbocycles. The quantitative estimate of drug-likeness (QED) is 0.205. The van der Waals surface area contributed by atoms with Crippen molar-refractivity contribution in [2.75, 3.05) is 0 Å². The van der Waals surface area contributed by atoms with E-state index in [1.807, 2.05) is 30.5 Å². The van der Waals surface area contributed by atoms with Crippen LogP contribution in [0.2, 0.25) is 17.3 Å². The molecule has 4 heterocycles. The van der Waals surface area contributed by atoms with E-state index in [0.29, 0.717) is 0 Å². The Morgan fingerprint density at radius 2 is 1.19 bits per heavy atom. The number of furan rings is 3. The number of hydrogen-bond donors (Lipinski definition) is 0. The number of fused-ring (bicyclic) bond motifs is 10. The maximum atomic E-state index is 6.56. The van der Waals surface area contributed by atoms with Crippen molar-refractivity contribution in [2.45, 2.75) is 17.3 Å². The molecule has 0 bridgehead atoms. The van der Waals surface area contributed by atoms with Crippen LogP contribution >= 0.6 is 0 Å². The molecule has 0 spiro atoms. The van der Waals surface area contributed by atoms with E-state index < -0.39 is 13.3 Å². The minimum absolute atomic E-state index is 0.766. The Hall–Kier alpha value is -4.03. The molecule has 0 atom stereocenters. The number of pyridine rings is 1. The molecular weight excluding hydrogens is 519 g/mol. The van der Waals surface area contributed by atoms with Crippen LogP contribution in [0.15, 0.2) is 98.3 Å². The molecule has 0 fully saturated rings. The number of para-hydroxylation sites is 3. The fraction of sp³-hybridized carbons (Fsp3) is 0.0938. The van der Waals surface area contributed by atoms with Crippen LogP contribution in [-0.2, 0) is 0 Å². The molecule has 5 heteroatoms. The molecule has 0 radical (unpaired) electrons. The molecule has 8 rings (SSSR count). The van der Waals surface area contributed by atoms with Crippen LogP contribution in [0.3, 0.4) is 0 Å². The van der Waals surface area contributed by atoms with Gasteiger partial charge in [0.15, 0.2) is 0 Å². The SMILES string of the molecule is [CH3][Ge]([CH3])([CH3])[c]1cccc2c1oc1cc(-c3cccc4c3oc3c4ccc4c5ccccc5oc43)ncc12. The van der Waals surface area contributed by atoms with Crippen molar-refractivity contribution in [3.63, 3.8) is 0 Å². The van der Waals surface area contributed by atoms with Crippen LogP contribution in [-0.4, -0.2) is 18.3 Å². The first-order valence-corrected chi connectivity index (χ1v) is 19.9. The number of rotatable bonds is 2. The van der Waals surface area contributed by atoms with Gasteiger partial charge in [0.2, 0.25) is 0 Å². The summed E-state index contributed by atoms with van der Waals surface area (Å²) in [5, 5.41) is 6.43. The van der Waals surface area contributed by atoms with Gasteiger partial charge in [-0.2, -0.15) is 0 Å². The molecule has 0 unspecified atom stereocenters. The van der Waals surface area contributed by atoms with Crippen LogP contribution in [0.1, 0.15) is 0 Å². The van der Waals surface area contributed by atoms with Crippen molar-refractivity contribution < 1.29 is 13.3 Å². The van der Waals surface area contributed by atoms with Gasteiger partial charge in [0.05, 0.1) is 0 Å². The average molecular weight is 542 g/mol. The fourth-order valence-corrected chi connectivity index (χ4v) is 8.74. The Kier molecular flexibility index (Phi) is 4.14. The first-order valence-electron chi connectivity index (χ1n) is 12.5. The van der Waals surface area contributed by atoms with E-state index in [1.54, 1.807) is 0 Å². The first kappa shape index (κ1) is 21.1. The van der Waals surface area contributed by atoms with E-state index in [9.17, 15) is 0 Å². The zero-order chi connectivity index (χ0) is 24.9.